The van der Waals surface area contributed by atoms with E-state index in [0.29, 0.717) is 0 Å². The first-order valence-electron chi connectivity index (χ1n) is 12.3. The fourth-order valence-corrected chi connectivity index (χ4v) is 3.31. The van der Waals surface area contributed by atoms with E-state index in [1.165, 1.54) is 95.8 Å². The normalized spacial score (nSPS) is 8.36. The van der Waals surface area contributed by atoms with Crippen LogP contribution in [0, 0.1) is 11.3 Å². The summed E-state index contributed by atoms with van der Waals surface area (Å²) in [7, 11) is 4.00. The molecule has 2 aromatic rings. The molecule has 7 heteroatoms. The molecule has 0 amide bonds. The third kappa shape index (κ3) is 40.1. The molecule has 0 aliphatic rings. The van der Waals surface area contributed by atoms with Gasteiger partial charge in [-0.3, -0.25) is 0 Å². The summed E-state index contributed by atoms with van der Waals surface area (Å²) in [6, 6.07) is 1.75. The lowest BCUT2D eigenvalue weighted by atomic mass is 10.1. The number of hydrogen-bond acceptors (Lipinski definition) is 2. The zero-order chi connectivity index (χ0) is 24.3. The predicted octanol–water partition coefficient (Wildman–Crippen LogP) is 9.85. The van der Waals surface area contributed by atoms with Crippen molar-refractivity contribution in [1.29, 1.82) is 5.26 Å². The number of halogens is 2. The molecule has 2 rings (SSSR count). The summed E-state index contributed by atoms with van der Waals surface area (Å²) < 4.78 is 6.25. The minimum Gasteiger partial charge on any atom is -0.341 e. The van der Waals surface area contributed by atoms with Crippen molar-refractivity contribution >= 4 is 32.9 Å². The zero-order valence-corrected chi connectivity index (χ0v) is 25.2. The Balaban J connectivity index is -0.0000000895. The molecule has 2 heterocycles. The van der Waals surface area contributed by atoms with Crippen molar-refractivity contribution in [2.24, 2.45) is 14.1 Å². The lowest BCUT2D eigenvalue weighted by molar-refractivity contribution is -0.671. The second kappa shape index (κ2) is 41.0. The third-order valence-electron chi connectivity index (χ3n) is 4.72. The highest BCUT2D eigenvalue weighted by molar-refractivity contribution is 9.09. The van der Waals surface area contributed by atoms with Crippen LogP contribution in [0.1, 0.15) is 120 Å². The van der Waals surface area contributed by atoms with Gasteiger partial charge in [0.25, 0.3) is 0 Å². The van der Waals surface area contributed by atoms with E-state index in [4.69, 9.17) is 5.26 Å². The van der Waals surface area contributed by atoms with Gasteiger partial charge in [0.05, 0.1) is 26.0 Å². The van der Waals surface area contributed by atoms with Gasteiger partial charge in [-0.1, -0.05) is 110 Å². The van der Waals surface area contributed by atoms with Crippen LogP contribution < -0.4 is 4.57 Å². The Morgan fingerprint density at radius 3 is 1.67 bits per heavy atom. The summed E-state index contributed by atoms with van der Waals surface area (Å²) in [6.45, 7) is 7.12. The van der Waals surface area contributed by atoms with Gasteiger partial charge in [0.1, 0.15) is 12.4 Å². The number of imidazole rings is 2. The average molecular weight is 641 g/mol. The van der Waals surface area contributed by atoms with E-state index in [0.717, 1.165) is 0 Å². The Kier molecular flexibility index (Phi) is 54.7. The smallest absolute Gasteiger partial charge is 0.243 e. The predicted molar refractivity (Wildman–Crippen MR) is 171 cm³/mol. The standard InChI is InChI=1S/C12H23N2.C8H17Br.C4H6N2.C2H3N.3CH4.BrH/c1-3-4-5-6-7-8-9-14-11-10-13(2)12-14;1-2-3-4-5-6-7-8-9;1-6-3-2-5-4-6;1-2-3;;;;/h10-12H,3-9H2,1-2H3;2-8H2,1H3;2-4H,1H3;1H3;3*1H4;1H/q+1;;;;;;;. The molecule has 0 atom stereocenters. The van der Waals surface area contributed by atoms with Crippen molar-refractivity contribution in [1.82, 2.24) is 14.1 Å². The summed E-state index contributed by atoms with van der Waals surface area (Å²) in [5, 5.41) is 8.50. The van der Waals surface area contributed by atoms with Crippen LogP contribution in [0.2, 0.25) is 0 Å². The Hall–Kier alpha value is -1.13. The number of aryl methyl sites for hydroxylation is 3. The van der Waals surface area contributed by atoms with Crippen LogP contribution in [-0.2, 0) is 20.6 Å². The van der Waals surface area contributed by atoms with Crippen molar-refractivity contribution in [3.63, 3.8) is 0 Å². The van der Waals surface area contributed by atoms with Gasteiger partial charge >= 0.3 is 0 Å². The number of alkyl halides is 1. The molecule has 0 spiro atoms. The first-order chi connectivity index (χ1) is 15.5. The van der Waals surface area contributed by atoms with E-state index in [-0.39, 0.29) is 39.3 Å². The Labute approximate surface area is 245 Å². The highest BCUT2D eigenvalue weighted by Crippen LogP contribution is 2.06. The van der Waals surface area contributed by atoms with E-state index in [2.05, 4.69) is 69.7 Å². The van der Waals surface area contributed by atoms with Crippen molar-refractivity contribution in [3.8, 4) is 6.07 Å². The highest BCUT2D eigenvalue weighted by atomic mass is 79.9. The molecule has 0 aliphatic carbocycles. The monoisotopic (exact) mass is 638 g/mol. The molecule has 5 nitrogen and oxygen atoms in total. The van der Waals surface area contributed by atoms with E-state index in [1.54, 1.807) is 18.6 Å². The van der Waals surface area contributed by atoms with Crippen molar-refractivity contribution < 1.29 is 4.57 Å². The van der Waals surface area contributed by atoms with Crippen LogP contribution in [-0.4, -0.2) is 19.4 Å². The number of aromatic nitrogens is 4. The van der Waals surface area contributed by atoms with Gasteiger partial charge in [-0.2, -0.15) is 5.26 Å². The van der Waals surface area contributed by atoms with E-state index in [1.807, 2.05) is 17.8 Å². The van der Waals surface area contributed by atoms with Gasteiger partial charge in [0.15, 0.2) is 0 Å². The van der Waals surface area contributed by atoms with Crippen LogP contribution in [0.25, 0.3) is 0 Å². The molecular formula is C29H62Br2N5+. The topological polar surface area (TPSA) is 50.4 Å². The fraction of sp³-hybridized carbons (Fsp3) is 0.759. The highest BCUT2D eigenvalue weighted by Gasteiger charge is 1.98. The molecule has 36 heavy (non-hydrogen) atoms. The Bertz CT molecular complexity index is 616. The molecular weight excluding hydrogens is 578 g/mol. The molecule has 0 N–H and O–H groups in total. The van der Waals surface area contributed by atoms with Gasteiger partial charge in [0.2, 0.25) is 6.33 Å². The first kappa shape index (κ1) is 48.0. The molecule has 0 bridgehead atoms. The number of hydrogen-bond donors (Lipinski definition) is 0. The van der Waals surface area contributed by atoms with Crippen LogP contribution in [0.3, 0.4) is 0 Å². The van der Waals surface area contributed by atoms with E-state index in [9.17, 15) is 0 Å². The molecule has 0 radical (unpaired) electrons. The lowest BCUT2D eigenvalue weighted by Gasteiger charge is -1.98. The molecule has 0 saturated carbocycles. The van der Waals surface area contributed by atoms with Crippen LogP contribution in [0.15, 0.2) is 37.4 Å². The van der Waals surface area contributed by atoms with Crippen LogP contribution in [0.5, 0.6) is 0 Å². The van der Waals surface area contributed by atoms with Crippen molar-refractivity contribution in [2.75, 3.05) is 5.33 Å². The minimum absolute atomic E-state index is 0. The second-order valence-corrected chi connectivity index (χ2v) is 8.79. The molecule has 0 aliphatic heterocycles. The maximum Gasteiger partial charge on any atom is 0.243 e. The molecule has 0 fully saturated rings. The number of nitriles is 1. The van der Waals surface area contributed by atoms with Gasteiger partial charge in [-0.05, 0) is 19.3 Å². The number of nitrogens with zero attached hydrogens (tertiary/aromatic N) is 5. The summed E-state index contributed by atoms with van der Waals surface area (Å²) >= 11 is 3.42. The molecule has 2 aromatic heterocycles. The zero-order valence-electron chi connectivity index (χ0n) is 21.9. The third-order valence-corrected chi connectivity index (χ3v) is 5.28. The van der Waals surface area contributed by atoms with Crippen molar-refractivity contribution in [3.05, 3.63) is 37.4 Å². The van der Waals surface area contributed by atoms with E-state index < -0.39 is 0 Å². The Morgan fingerprint density at radius 2 is 1.33 bits per heavy atom. The van der Waals surface area contributed by atoms with Gasteiger partial charge in [-0.15, -0.1) is 17.0 Å². The summed E-state index contributed by atoms with van der Waals surface area (Å²) in [6.07, 6.45) is 28.4. The van der Waals surface area contributed by atoms with E-state index >= 15 is 0 Å². The molecule has 216 valence electrons. The summed E-state index contributed by atoms with van der Waals surface area (Å²) in [5.41, 5.74) is 0. The lowest BCUT2D eigenvalue weighted by Crippen LogP contribution is -2.23. The fourth-order valence-electron chi connectivity index (χ4n) is 2.91. The molecule has 0 unspecified atom stereocenters. The summed E-state index contributed by atoms with van der Waals surface area (Å²) in [4.78, 5) is 3.78. The van der Waals surface area contributed by atoms with Crippen LogP contribution in [0.4, 0.5) is 0 Å². The maximum atomic E-state index is 7.32. The molecule has 0 saturated heterocycles. The second-order valence-electron chi connectivity index (χ2n) is 7.99. The minimum atomic E-state index is 0. The quantitative estimate of drug-likeness (QED) is 0.124. The maximum absolute atomic E-state index is 7.32. The Morgan fingerprint density at radius 1 is 0.861 bits per heavy atom. The van der Waals surface area contributed by atoms with Gasteiger partial charge in [-0.25, -0.2) is 14.1 Å². The van der Waals surface area contributed by atoms with Crippen molar-refractivity contribution in [2.45, 2.75) is 127 Å². The summed E-state index contributed by atoms with van der Waals surface area (Å²) in [5.74, 6) is 0. The van der Waals surface area contributed by atoms with Gasteiger partial charge < -0.3 is 4.57 Å². The van der Waals surface area contributed by atoms with Gasteiger partial charge in [0, 0.05) is 31.7 Å². The van der Waals surface area contributed by atoms with Crippen LogP contribution >= 0.6 is 32.9 Å². The largest absolute Gasteiger partial charge is 0.341 e. The molecule has 0 aromatic carbocycles. The first-order valence-corrected chi connectivity index (χ1v) is 13.5. The SMILES string of the molecule is Br.C.C.C.CC#N.CCCCCCCCBr.CCCCCCCCn1cc[n+](C)c1.Cn1ccnc1. The number of unbranched alkanes of at least 4 members (excludes halogenated alkanes) is 10. The number of rotatable bonds is 13. The average Bonchev–Trinajstić information content (AvgIpc) is 3.43.